The number of hydrogen-bond donors (Lipinski definition) is 2. The first-order valence-corrected chi connectivity index (χ1v) is 9.33. The number of oxazole rings is 1. The third-order valence-corrected chi connectivity index (χ3v) is 4.91. The molecule has 0 unspecified atom stereocenters. The number of carboxylic acids is 1. The predicted octanol–water partition coefficient (Wildman–Crippen LogP) is 3.35. The van der Waals surface area contributed by atoms with E-state index >= 15 is 0 Å². The van der Waals surface area contributed by atoms with Crippen LogP contribution in [0.2, 0.25) is 0 Å². The molecule has 3 aromatic heterocycles. The lowest BCUT2D eigenvalue weighted by atomic mass is 10.1. The number of halogens is 1. The Hall–Kier alpha value is -3.86. The largest absolute Gasteiger partial charge is 0.476 e. The first kappa shape index (κ1) is 20.9. The number of anilines is 1. The topological polar surface area (TPSA) is 137 Å². The number of ketones is 1. The lowest BCUT2D eigenvalue weighted by Gasteiger charge is -1.97. The summed E-state index contributed by atoms with van der Waals surface area (Å²) < 4.78 is 17.6. The number of carbonyl (C=O) groups is 2. The molecule has 1 aromatic carbocycles. The standard InChI is InChI=1S/C10H6FNO3.C9H10N4OS/c11-7-3-1-6(2-4-7)9-8(10(13)14)12-5-15-9;1-6(14)8-3-2-7(15-8)5-13-11-4-9(10)12-13/h1-5H,(H,13,14);2-4H,5H2,1H3,(H2,10,12). The maximum atomic E-state index is 12.6. The van der Waals surface area contributed by atoms with Crippen molar-refractivity contribution in [2.75, 3.05) is 5.73 Å². The summed E-state index contributed by atoms with van der Waals surface area (Å²) in [6.07, 6.45) is 2.54. The van der Waals surface area contributed by atoms with Gasteiger partial charge in [0, 0.05) is 10.4 Å². The van der Waals surface area contributed by atoms with Crippen LogP contribution in [0.15, 0.2) is 53.4 Å². The Morgan fingerprint density at radius 2 is 1.97 bits per heavy atom. The minimum absolute atomic E-state index is 0.0826. The van der Waals surface area contributed by atoms with Gasteiger partial charge in [0.15, 0.2) is 29.4 Å². The molecular formula is C19H16FN5O4S. The molecular weight excluding hydrogens is 413 g/mol. The summed E-state index contributed by atoms with van der Waals surface area (Å²) in [5, 5.41) is 16.7. The lowest BCUT2D eigenvalue weighted by molar-refractivity contribution is 0.0691. The van der Waals surface area contributed by atoms with E-state index in [0.717, 1.165) is 16.1 Å². The number of nitrogen functional groups attached to an aromatic ring is 1. The molecule has 11 heteroatoms. The summed E-state index contributed by atoms with van der Waals surface area (Å²) in [4.78, 5) is 28.6. The van der Waals surface area contributed by atoms with Crippen molar-refractivity contribution >= 4 is 28.9 Å². The molecule has 154 valence electrons. The van der Waals surface area contributed by atoms with Gasteiger partial charge in [-0.1, -0.05) is 0 Å². The monoisotopic (exact) mass is 429 g/mol. The Balaban J connectivity index is 0.000000171. The van der Waals surface area contributed by atoms with Crippen molar-refractivity contribution in [1.82, 2.24) is 20.0 Å². The number of benzene rings is 1. The van der Waals surface area contributed by atoms with Gasteiger partial charge in [-0.2, -0.15) is 9.90 Å². The predicted molar refractivity (Wildman–Crippen MR) is 107 cm³/mol. The second-order valence-corrected chi connectivity index (χ2v) is 7.13. The summed E-state index contributed by atoms with van der Waals surface area (Å²) in [6.45, 7) is 2.11. The van der Waals surface area contributed by atoms with E-state index in [0.29, 0.717) is 17.9 Å². The quantitative estimate of drug-likeness (QED) is 0.461. The maximum Gasteiger partial charge on any atom is 0.358 e. The number of hydrogen-bond acceptors (Lipinski definition) is 8. The molecule has 3 heterocycles. The summed E-state index contributed by atoms with van der Waals surface area (Å²) in [5.74, 6) is -0.960. The van der Waals surface area contributed by atoms with E-state index in [1.54, 1.807) is 6.92 Å². The highest BCUT2D eigenvalue weighted by molar-refractivity contribution is 7.14. The molecule has 0 radical (unpaired) electrons. The molecule has 0 aliphatic heterocycles. The van der Waals surface area contributed by atoms with Gasteiger partial charge in [-0.15, -0.1) is 16.4 Å². The Bertz CT molecular complexity index is 1170. The zero-order valence-electron chi connectivity index (χ0n) is 15.7. The Morgan fingerprint density at radius 3 is 2.53 bits per heavy atom. The van der Waals surface area contributed by atoms with Gasteiger partial charge in [-0.3, -0.25) is 4.79 Å². The van der Waals surface area contributed by atoms with Crippen LogP contribution >= 0.6 is 11.3 Å². The van der Waals surface area contributed by atoms with Crippen LogP contribution in [0.3, 0.4) is 0 Å². The van der Waals surface area contributed by atoms with E-state index in [1.165, 1.54) is 46.6 Å². The highest BCUT2D eigenvalue weighted by Crippen LogP contribution is 2.23. The van der Waals surface area contributed by atoms with E-state index in [9.17, 15) is 14.0 Å². The number of aromatic nitrogens is 4. The van der Waals surface area contributed by atoms with Gasteiger partial charge >= 0.3 is 5.97 Å². The zero-order chi connectivity index (χ0) is 21.7. The fraction of sp³-hybridized carbons (Fsp3) is 0.105. The molecule has 30 heavy (non-hydrogen) atoms. The lowest BCUT2D eigenvalue weighted by Crippen LogP contribution is -2.02. The van der Waals surface area contributed by atoms with Crippen LogP contribution < -0.4 is 5.73 Å². The normalized spacial score (nSPS) is 10.3. The molecule has 0 saturated heterocycles. The second kappa shape index (κ2) is 9.09. The molecule has 3 N–H and O–H groups in total. The van der Waals surface area contributed by atoms with Crippen LogP contribution in [0.25, 0.3) is 11.3 Å². The molecule has 0 fully saturated rings. The van der Waals surface area contributed by atoms with Gasteiger partial charge < -0.3 is 15.3 Å². The number of Topliss-reactive ketones (excluding diaryl/α,β-unsaturated/α-hetero) is 1. The van der Waals surface area contributed by atoms with Crippen molar-refractivity contribution in [3.63, 3.8) is 0 Å². The van der Waals surface area contributed by atoms with Crippen LogP contribution in [-0.4, -0.2) is 36.8 Å². The number of thiophene rings is 1. The van der Waals surface area contributed by atoms with Crippen LogP contribution in [0.5, 0.6) is 0 Å². The van der Waals surface area contributed by atoms with Crippen molar-refractivity contribution in [3.8, 4) is 11.3 Å². The molecule has 4 rings (SSSR count). The van der Waals surface area contributed by atoms with Crippen molar-refractivity contribution in [3.05, 3.63) is 70.3 Å². The molecule has 0 aliphatic carbocycles. The number of carbonyl (C=O) groups excluding carboxylic acids is 1. The van der Waals surface area contributed by atoms with Crippen molar-refractivity contribution < 1.29 is 23.5 Å². The third kappa shape index (κ3) is 5.14. The zero-order valence-corrected chi connectivity index (χ0v) is 16.5. The van der Waals surface area contributed by atoms with Crippen molar-refractivity contribution in [2.45, 2.75) is 13.5 Å². The van der Waals surface area contributed by atoms with Crippen molar-refractivity contribution in [2.24, 2.45) is 0 Å². The number of nitrogens with zero attached hydrogens (tertiary/aromatic N) is 4. The molecule has 0 aliphatic rings. The number of rotatable bonds is 5. The van der Waals surface area contributed by atoms with Gasteiger partial charge in [-0.05, 0) is 43.3 Å². The Kier molecular flexibility index (Phi) is 6.32. The van der Waals surface area contributed by atoms with Gasteiger partial charge in [0.05, 0.1) is 17.6 Å². The maximum absolute atomic E-state index is 12.6. The average Bonchev–Trinajstić information content (AvgIpc) is 3.44. The number of aromatic carboxylic acids is 1. The Morgan fingerprint density at radius 1 is 1.23 bits per heavy atom. The van der Waals surface area contributed by atoms with Gasteiger partial charge in [0.1, 0.15) is 5.82 Å². The highest BCUT2D eigenvalue weighted by atomic mass is 32.1. The van der Waals surface area contributed by atoms with E-state index in [4.69, 9.17) is 15.3 Å². The van der Waals surface area contributed by atoms with E-state index in [1.807, 2.05) is 12.1 Å². The summed E-state index contributed by atoms with van der Waals surface area (Å²) in [7, 11) is 0. The van der Waals surface area contributed by atoms with Crippen LogP contribution in [0, 0.1) is 5.82 Å². The molecule has 0 atom stereocenters. The fourth-order valence-electron chi connectivity index (χ4n) is 2.38. The highest BCUT2D eigenvalue weighted by Gasteiger charge is 2.16. The fourth-order valence-corrected chi connectivity index (χ4v) is 3.26. The second-order valence-electron chi connectivity index (χ2n) is 5.96. The van der Waals surface area contributed by atoms with E-state index in [2.05, 4.69) is 15.2 Å². The number of carboxylic acid groups (broad SMARTS) is 1. The summed E-state index contributed by atoms with van der Waals surface area (Å²) in [6, 6.07) is 9.04. The smallest absolute Gasteiger partial charge is 0.358 e. The minimum atomic E-state index is -1.18. The first-order valence-electron chi connectivity index (χ1n) is 8.51. The van der Waals surface area contributed by atoms with Gasteiger partial charge in [0.2, 0.25) is 0 Å². The first-order chi connectivity index (χ1) is 14.3. The van der Waals surface area contributed by atoms with E-state index in [-0.39, 0.29) is 17.2 Å². The SMILES string of the molecule is CC(=O)c1ccc(Cn2ncc(N)n2)s1.O=C(O)c1ncoc1-c1ccc(F)cc1. The van der Waals surface area contributed by atoms with Gasteiger partial charge in [0.25, 0.3) is 0 Å². The molecule has 0 amide bonds. The molecule has 0 saturated carbocycles. The van der Waals surface area contributed by atoms with Gasteiger partial charge in [-0.25, -0.2) is 14.2 Å². The van der Waals surface area contributed by atoms with Crippen LogP contribution in [0.4, 0.5) is 10.2 Å². The van der Waals surface area contributed by atoms with Crippen LogP contribution in [0.1, 0.15) is 32.0 Å². The van der Waals surface area contributed by atoms with Crippen molar-refractivity contribution in [1.29, 1.82) is 0 Å². The minimum Gasteiger partial charge on any atom is -0.476 e. The van der Waals surface area contributed by atoms with E-state index < -0.39 is 11.8 Å². The summed E-state index contributed by atoms with van der Waals surface area (Å²) >= 11 is 1.45. The molecule has 0 spiro atoms. The number of nitrogens with two attached hydrogens (primary N) is 1. The summed E-state index contributed by atoms with van der Waals surface area (Å²) in [5.41, 5.74) is 5.74. The Labute approximate surface area is 173 Å². The van der Waals surface area contributed by atoms with Crippen LogP contribution in [-0.2, 0) is 6.54 Å². The molecule has 9 nitrogen and oxygen atoms in total. The molecule has 4 aromatic rings. The molecule has 0 bridgehead atoms. The third-order valence-electron chi connectivity index (χ3n) is 3.74. The average molecular weight is 429 g/mol.